The minimum Gasteiger partial charge on any atom is -0.330 e. The van der Waals surface area contributed by atoms with Gasteiger partial charge in [-0.3, -0.25) is 4.79 Å². The lowest BCUT2D eigenvalue weighted by Crippen LogP contribution is -2.15. The van der Waals surface area contributed by atoms with Gasteiger partial charge in [0.05, 0.1) is 0 Å². The molecule has 0 amide bonds. The first kappa shape index (κ1) is 12.6. The van der Waals surface area contributed by atoms with Crippen molar-refractivity contribution in [3.63, 3.8) is 0 Å². The second-order valence-electron chi connectivity index (χ2n) is 4.01. The zero-order valence-electron chi connectivity index (χ0n) is 9.18. The number of Topliss-reactive ketones (excluding diaryl/α,β-unsaturated/α-hetero) is 1. The molecule has 0 aliphatic heterocycles. The van der Waals surface area contributed by atoms with E-state index >= 15 is 0 Å². The van der Waals surface area contributed by atoms with Crippen molar-refractivity contribution in [1.82, 2.24) is 0 Å². The second-order valence-corrected chi connectivity index (χ2v) is 4.01. The Hall–Kier alpha value is -0.370. The van der Waals surface area contributed by atoms with Gasteiger partial charge in [-0.1, -0.05) is 20.8 Å². The molecule has 13 heavy (non-hydrogen) atoms. The highest BCUT2D eigenvalue weighted by atomic mass is 16.1. The number of rotatable bonds is 7. The van der Waals surface area contributed by atoms with Gasteiger partial charge in [0, 0.05) is 12.8 Å². The fourth-order valence-electron chi connectivity index (χ4n) is 1.55. The first-order valence-electron chi connectivity index (χ1n) is 5.33. The van der Waals surface area contributed by atoms with E-state index in [4.69, 9.17) is 5.73 Å². The van der Waals surface area contributed by atoms with Crippen molar-refractivity contribution < 1.29 is 4.79 Å². The summed E-state index contributed by atoms with van der Waals surface area (Å²) in [6, 6.07) is 0. The van der Waals surface area contributed by atoms with E-state index in [1.54, 1.807) is 0 Å². The molecule has 0 aromatic carbocycles. The number of carbonyl (C=O) groups is 1. The summed E-state index contributed by atoms with van der Waals surface area (Å²) in [4.78, 5) is 11.1. The zero-order valence-corrected chi connectivity index (χ0v) is 9.18. The Morgan fingerprint density at radius 2 is 1.92 bits per heavy atom. The fourth-order valence-corrected chi connectivity index (χ4v) is 1.55. The summed E-state index contributed by atoms with van der Waals surface area (Å²) in [7, 11) is 0. The van der Waals surface area contributed by atoms with Crippen LogP contribution in [0.25, 0.3) is 0 Å². The number of carbonyl (C=O) groups excluding carboxylic acids is 1. The summed E-state index contributed by atoms with van der Waals surface area (Å²) >= 11 is 0. The van der Waals surface area contributed by atoms with Crippen LogP contribution in [-0.4, -0.2) is 12.3 Å². The summed E-state index contributed by atoms with van der Waals surface area (Å²) in [6.45, 7) is 7.08. The molecule has 0 saturated heterocycles. The molecule has 2 nitrogen and oxygen atoms in total. The number of hydrogen-bond donors (Lipinski definition) is 1. The normalized spacial score (nSPS) is 13.3. The summed E-state index contributed by atoms with van der Waals surface area (Å²) in [6.07, 6.45) is 3.48. The second kappa shape index (κ2) is 7.07. The van der Waals surface area contributed by atoms with E-state index in [0.29, 0.717) is 24.0 Å². The molecular formula is C11H23NO. The average molecular weight is 185 g/mol. The Kier molecular flexibility index (Phi) is 6.87. The number of hydrogen-bond acceptors (Lipinski definition) is 2. The van der Waals surface area contributed by atoms with Crippen LogP contribution in [0.5, 0.6) is 0 Å². The van der Waals surface area contributed by atoms with Crippen LogP contribution in [-0.2, 0) is 4.79 Å². The molecule has 78 valence electrons. The highest BCUT2D eigenvalue weighted by Crippen LogP contribution is 2.20. The molecule has 0 bridgehead atoms. The molecule has 0 aliphatic rings. The van der Waals surface area contributed by atoms with E-state index < -0.39 is 0 Å². The SMILES string of the molecule is CCC(=O)CCC(CCN)C(C)C. The minimum absolute atomic E-state index is 0.377. The Morgan fingerprint density at radius 1 is 1.31 bits per heavy atom. The summed E-state index contributed by atoms with van der Waals surface area (Å²) < 4.78 is 0. The summed E-state index contributed by atoms with van der Waals surface area (Å²) in [5.41, 5.74) is 5.52. The van der Waals surface area contributed by atoms with Crippen LogP contribution in [0.1, 0.15) is 46.5 Å². The van der Waals surface area contributed by atoms with Gasteiger partial charge in [-0.2, -0.15) is 0 Å². The van der Waals surface area contributed by atoms with Crippen molar-refractivity contribution in [2.24, 2.45) is 17.6 Å². The zero-order chi connectivity index (χ0) is 10.3. The van der Waals surface area contributed by atoms with Gasteiger partial charge in [-0.15, -0.1) is 0 Å². The highest BCUT2D eigenvalue weighted by Gasteiger charge is 2.13. The lowest BCUT2D eigenvalue weighted by molar-refractivity contribution is -0.119. The number of ketones is 1. The van der Waals surface area contributed by atoms with Crippen LogP contribution < -0.4 is 5.73 Å². The molecule has 0 aliphatic carbocycles. The largest absolute Gasteiger partial charge is 0.330 e. The Morgan fingerprint density at radius 3 is 2.31 bits per heavy atom. The van der Waals surface area contributed by atoms with Crippen molar-refractivity contribution in [3.05, 3.63) is 0 Å². The van der Waals surface area contributed by atoms with Gasteiger partial charge in [-0.05, 0) is 31.2 Å². The molecule has 0 heterocycles. The molecule has 0 aromatic rings. The van der Waals surface area contributed by atoms with Gasteiger partial charge in [0.1, 0.15) is 5.78 Å². The molecule has 0 spiro atoms. The third kappa shape index (κ3) is 5.81. The van der Waals surface area contributed by atoms with Gasteiger partial charge < -0.3 is 5.73 Å². The smallest absolute Gasteiger partial charge is 0.132 e. The van der Waals surface area contributed by atoms with Gasteiger partial charge in [0.2, 0.25) is 0 Å². The summed E-state index contributed by atoms with van der Waals surface area (Å²) in [5, 5.41) is 0. The Bertz CT molecular complexity index is 143. The molecule has 0 radical (unpaired) electrons. The predicted octanol–water partition coefficient (Wildman–Crippen LogP) is 2.37. The van der Waals surface area contributed by atoms with Crippen molar-refractivity contribution in [3.8, 4) is 0 Å². The highest BCUT2D eigenvalue weighted by molar-refractivity contribution is 5.77. The van der Waals surface area contributed by atoms with E-state index in [0.717, 1.165) is 25.8 Å². The molecule has 1 unspecified atom stereocenters. The minimum atomic E-state index is 0.377. The van der Waals surface area contributed by atoms with Crippen molar-refractivity contribution >= 4 is 5.78 Å². The first-order chi connectivity index (χ1) is 6.11. The average Bonchev–Trinajstić information content (AvgIpc) is 2.11. The lowest BCUT2D eigenvalue weighted by atomic mass is 9.87. The van der Waals surface area contributed by atoms with Gasteiger partial charge in [-0.25, -0.2) is 0 Å². The van der Waals surface area contributed by atoms with Crippen LogP contribution >= 0.6 is 0 Å². The van der Waals surface area contributed by atoms with E-state index in [-0.39, 0.29) is 0 Å². The van der Waals surface area contributed by atoms with Crippen molar-refractivity contribution in [2.45, 2.75) is 46.5 Å². The van der Waals surface area contributed by atoms with Gasteiger partial charge in [0.15, 0.2) is 0 Å². The topological polar surface area (TPSA) is 43.1 Å². The molecular weight excluding hydrogens is 162 g/mol. The maximum absolute atomic E-state index is 11.1. The third-order valence-electron chi connectivity index (χ3n) is 2.67. The van der Waals surface area contributed by atoms with Crippen LogP contribution in [0.2, 0.25) is 0 Å². The first-order valence-corrected chi connectivity index (χ1v) is 5.33. The van der Waals surface area contributed by atoms with Crippen LogP contribution in [0.15, 0.2) is 0 Å². The van der Waals surface area contributed by atoms with Crippen molar-refractivity contribution in [2.75, 3.05) is 6.54 Å². The van der Waals surface area contributed by atoms with Crippen LogP contribution in [0.4, 0.5) is 0 Å². The molecule has 0 rings (SSSR count). The number of nitrogens with two attached hydrogens (primary N) is 1. The molecule has 0 saturated carbocycles. The van der Waals surface area contributed by atoms with E-state index in [1.165, 1.54) is 0 Å². The monoisotopic (exact) mass is 185 g/mol. The Labute approximate surface area is 81.9 Å². The van der Waals surface area contributed by atoms with Crippen LogP contribution in [0, 0.1) is 11.8 Å². The molecule has 2 heteroatoms. The van der Waals surface area contributed by atoms with Gasteiger partial charge in [0.25, 0.3) is 0 Å². The van der Waals surface area contributed by atoms with E-state index in [9.17, 15) is 4.79 Å². The Balaban J connectivity index is 3.75. The maximum atomic E-state index is 11.1. The fraction of sp³-hybridized carbons (Fsp3) is 0.909. The van der Waals surface area contributed by atoms with E-state index in [1.807, 2.05) is 6.92 Å². The summed E-state index contributed by atoms with van der Waals surface area (Å²) in [5.74, 6) is 1.65. The van der Waals surface area contributed by atoms with E-state index in [2.05, 4.69) is 13.8 Å². The maximum Gasteiger partial charge on any atom is 0.132 e. The standard InChI is InChI=1S/C11H23NO/c1-4-11(13)6-5-10(7-8-12)9(2)3/h9-10H,4-8,12H2,1-3H3. The lowest BCUT2D eigenvalue weighted by Gasteiger charge is -2.19. The van der Waals surface area contributed by atoms with Crippen LogP contribution in [0.3, 0.4) is 0 Å². The van der Waals surface area contributed by atoms with Crippen molar-refractivity contribution in [1.29, 1.82) is 0 Å². The predicted molar refractivity (Wildman–Crippen MR) is 56.5 cm³/mol. The van der Waals surface area contributed by atoms with Gasteiger partial charge >= 0.3 is 0 Å². The molecule has 0 fully saturated rings. The third-order valence-corrected chi connectivity index (χ3v) is 2.67. The quantitative estimate of drug-likeness (QED) is 0.661. The molecule has 2 N–H and O–H groups in total. The molecule has 0 aromatic heterocycles. The molecule has 1 atom stereocenters.